The van der Waals surface area contributed by atoms with Gasteiger partial charge in [0, 0.05) is 14.8 Å². The monoisotopic (exact) mass is 341 g/mol. The van der Waals surface area contributed by atoms with E-state index in [1.165, 1.54) is 9.13 Å². The molecule has 0 saturated carbocycles. The lowest BCUT2D eigenvalue weighted by molar-refractivity contribution is 0.500. The molecule has 0 aliphatic carbocycles. The summed E-state index contributed by atoms with van der Waals surface area (Å²) in [5.41, 5.74) is 2.36. The third-order valence-corrected chi connectivity index (χ3v) is 3.49. The average molecular weight is 341 g/mol. The standard InChI is InChI=1S/C14H16INO/c1-9-8-14(11(3)17-9)10(2)16-13-6-4-12(15)5-7-13/h4-8,10,16H,1-3H3. The molecule has 3 heteroatoms. The molecule has 1 unspecified atom stereocenters. The molecule has 0 aliphatic heterocycles. The molecule has 2 aromatic rings. The average Bonchev–Trinajstić information content (AvgIpc) is 2.61. The van der Waals surface area contributed by atoms with Gasteiger partial charge >= 0.3 is 0 Å². The van der Waals surface area contributed by atoms with Crippen molar-refractivity contribution in [2.75, 3.05) is 5.32 Å². The van der Waals surface area contributed by atoms with Crippen LogP contribution in [0.4, 0.5) is 5.69 Å². The summed E-state index contributed by atoms with van der Waals surface area (Å²) < 4.78 is 6.80. The van der Waals surface area contributed by atoms with Gasteiger partial charge in [-0.25, -0.2) is 0 Å². The summed E-state index contributed by atoms with van der Waals surface area (Å²) in [6.07, 6.45) is 0. The van der Waals surface area contributed by atoms with Crippen LogP contribution in [-0.4, -0.2) is 0 Å². The summed E-state index contributed by atoms with van der Waals surface area (Å²) in [6.45, 7) is 6.14. The summed E-state index contributed by atoms with van der Waals surface area (Å²) in [7, 11) is 0. The highest BCUT2D eigenvalue weighted by molar-refractivity contribution is 14.1. The molecule has 1 N–H and O–H groups in total. The van der Waals surface area contributed by atoms with Crippen molar-refractivity contribution >= 4 is 28.3 Å². The second kappa shape index (κ2) is 5.12. The summed E-state index contributed by atoms with van der Waals surface area (Å²) in [5.74, 6) is 1.96. The molecule has 17 heavy (non-hydrogen) atoms. The lowest BCUT2D eigenvalue weighted by atomic mass is 10.1. The third kappa shape index (κ3) is 3.03. The van der Waals surface area contributed by atoms with Crippen LogP contribution >= 0.6 is 22.6 Å². The van der Waals surface area contributed by atoms with Crippen LogP contribution in [0.5, 0.6) is 0 Å². The molecule has 0 bridgehead atoms. The largest absolute Gasteiger partial charge is 0.466 e. The molecule has 0 aliphatic rings. The Morgan fingerprint density at radius 1 is 1.18 bits per heavy atom. The number of rotatable bonds is 3. The van der Waals surface area contributed by atoms with E-state index in [1.54, 1.807) is 0 Å². The van der Waals surface area contributed by atoms with E-state index in [2.05, 4.69) is 65.2 Å². The fraction of sp³-hybridized carbons (Fsp3) is 0.286. The highest BCUT2D eigenvalue weighted by Crippen LogP contribution is 2.25. The summed E-state index contributed by atoms with van der Waals surface area (Å²) >= 11 is 2.31. The molecule has 0 fully saturated rings. The maximum atomic E-state index is 5.55. The van der Waals surface area contributed by atoms with Gasteiger partial charge in [-0.05, 0) is 73.7 Å². The first kappa shape index (κ1) is 12.5. The van der Waals surface area contributed by atoms with Crippen molar-refractivity contribution in [1.29, 1.82) is 0 Å². The van der Waals surface area contributed by atoms with Crippen molar-refractivity contribution < 1.29 is 4.42 Å². The SMILES string of the molecule is Cc1cc(C(C)Nc2ccc(I)cc2)c(C)o1. The normalized spacial score (nSPS) is 12.5. The lowest BCUT2D eigenvalue weighted by Crippen LogP contribution is -2.06. The molecular weight excluding hydrogens is 325 g/mol. The zero-order valence-electron chi connectivity index (χ0n) is 10.3. The van der Waals surface area contributed by atoms with Gasteiger partial charge in [-0.15, -0.1) is 0 Å². The Bertz CT molecular complexity index is 501. The maximum Gasteiger partial charge on any atom is 0.106 e. The smallest absolute Gasteiger partial charge is 0.106 e. The van der Waals surface area contributed by atoms with Crippen molar-refractivity contribution in [3.05, 3.63) is 51.0 Å². The van der Waals surface area contributed by atoms with Crippen LogP contribution in [-0.2, 0) is 0 Å². The summed E-state index contributed by atoms with van der Waals surface area (Å²) in [6, 6.07) is 10.7. The number of benzene rings is 1. The molecule has 2 nitrogen and oxygen atoms in total. The number of hydrogen-bond donors (Lipinski definition) is 1. The fourth-order valence-corrected chi connectivity index (χ4v) is 2.31. The molecule has 1 aromatic heterocycles. The Labute approximate surface area is 116 Å². The molecule has 0 spiro atoms. The number of furan rings is 1. The molecule has 0 saturated heterocycles. The first-order valence-corrected chi connectivity index (χ1v) is 6.73. The van der Waals surface area contributed by atoms with Crippen molar-refractivity contribution in [3.8, 4) is 0 Å². The number of anilines is 1. The zero-order chi connectivity index (χ0) is 12.4. The molecule has 0 amide bonds. The third-order valence-electron chi connectivity index (χ3n) is 2.77. The van der Waals surface area contributed by atoms with Crippen LogP contribution < -0.4 is 5.32 Å². The van der Waals surface area contributed by atoms with Crippen molar-refractivity contribution in [2.24, 2.45) is 0 Å². The number of aryl methyl sites for hydroxylation is 2. The highest BCUT2D eigenvalue weighted by atomic mass is 127. The van der Waals surface area contributed by atoms with Gasteiger partial charge < -0.3 is 9.73 Å². The predicted octanol–water partition coefficient (Wildman–Crippen LogP) is 4.67. The van der Waals surface area contributed by atoms with Gasteiger partial charge in [0.05, 0.1) is 6.04 Å². The van der Waals surface area contributed by atoms with Crippen molar-refractivity contribution in [1.82, 2.24) is 0 Å². The van der Waals surface area contributed by atoms with E-state index < -0.39 is 0 Å². The van der Waals surface area contributed by atoms with Crippen molar-refractivity contribution in [2.45, 2.75) is 26.8 Å². The number of nitrogens with one attached hydrogen (secondary N) is 1. The van der Waals surface area contributed by atoms with Gasteiger partial charge in [-0.1, -0.05) is 0 Å². The van der Waals surface area contributed by atoms with Crippen LogP contribution in [0.25, 0.3) is 0 Å². The van der Waals surface area contributed by atoms with Gasteiger partial charge in [-0.2, -0.15) is 0 Å². The number of hydrogen-bond acceptors (Lipinski definition) is 2. The molecule has 90 valence electrons. The van der Waals surface area contributed by atoms with Crippen LogP contribution in [0.15, 0.2) is 34.7 Å². The van der Waals surface area contributed by atoms with E-state index in [-0.39, 0.29) is 6.04 Å². The van der Waals surface area contributed by atoms with E-state index >= 15 is 0 Å². The Morgan fingerprint density at radius 2 is 1.82 bits per heavy atom. The van der Waals surface area contributed by atoms with E-state index in [0.717, 1.165) is 17.2 Å². The predicted molar refractivity (Wildman–Crippen MR) is 79.4 cm³/mol. The molecular formula is C14H16INO. The van der Waals surface area contributed by atoms with E-state index in [0.29, 0.717) is 0 Å². The second-order valence-corrected chi connectivity index (χ2v) is 5.49. The molecule has 1 heterocycles. The van der Waals surface area contributed by atoms with Gasteiger partial charge in [0.2, 0.25) is 0 Å². The van der Waals surface area contributed by atoms with Crippen LogP contribution in [0, 0.1) is 17.4 Å². The van der Waals surface area contributed by atoms with Crippen LogP contribution in [0.3, 0.4) is 0 Å². The molecule has 0 radical (unpaired) electrons. The van der Waals surface area contributed by atoms with E-state index in [4.69, 9.17) is 4.42 Å². The fourth-order valence-electron chi connectivity index (χ4n) is 1.95. The van der Waals surface area contributed by atoms with Crippen LogP contribution in [0.2, 0.25) is 0 Å². The van der Waals surface area contributed by atoms with Crippen molar-refractivity contribution in [3.63, 3.8) is 0 Å². The van der Waals surface area contributed by atoms with Gasteiger partial charge in [-0.3, -0.25) is 0 Å². The minimum absolute atomic E-state index is 0.257. The second-order valence-electron chi connectivity index (χ2n) is 4.24. The Kier molecular flexibility index (Phi) is 3.76. The Hall–Kier alpha value is -0.970. The summed E-state index contributed by atoms with van der Waals surface area (Å²) in [4.78, 5) is 0. The van der Waals surface area contributed by atoms with Gasteiger partial charge in [0.1, 0.15) is 11.5 Å². The van der Waals surface area contributed by atoms with Gasteiger partial charge in [0.15, 0.2) is 0 Å². The Balaban J connectivity index is 2.14. The van der Waals surface area contributed by atoms with E-state index in [9.17, 15) is 0 Å². The lowest BCUT2D eigenvalue weighted by Gasteiger charge is -2.14. The van der Waals surface area contributed by atoms with Crippen LogP contribution in [0.1, 0.15) is 30.0 Å². The zero-order valence-corrected chi connectivity index (χ0v) is 12.4. The molecule has 1 aromatic carbocycles. The Morgan fingerprint density at radius 3 is 2.35 bits per heavy atom. The minimum Gasteiger partial charge on any atom is -0.466 e. The highest BCUT2D eigenvalue weighted by Gasteiger charge is 2.12. The number of halogens is 1. The minimum atomic E-state index is 0.257. The van der Waals surface area contributed by atoms with Gasteiger partial charge in [0.25, 0.3) is 0 Å². The molecule has 1 atom stereocenters. The first-order valence-electron chi connectivity index (χ1n) is 5.65. The quantitative estimate of drug-likeness (QED) is 0.821. The maximum absolute atomic E-state index is 5.55. The molecule has 2 rings (SSSR count). The first-order chi connectivity index (χ1) is 8.06. The summed E-state index contributed by atoms with van der Waals surface area (Å²) in [5, 5.41) is 3.48. The van der Waals surface area contributed by atoms with E-state index in [1.807, 2.05) is 13.8 Å². The topological polar surface area (TPSA) is 25.2 Å².